The van der Waals surface area contributed by atoms with Crippen molar-refractivity contribution in [3.8, 4) is 0 Å². The van der Waals surface area contributed by atoms with Crippen LogP contribution >= 0.6 is 15.9 Å². The number of hydrogen-bond acceptors (Lipinski definition) is 3. The molecular formula is C14H19BrN2O. The van der Waals surface area contributed by atoms with Crippen LogP contribution in [-0.2, 0) is 4.74 Å². The van der Waals surface area contributed by atoms with Gasteiger partial charge in [-0.25, -0.2) is 0 Å². The van der Waals surface area contributed by atoms with Crippen LogP contribution in [0.25, 0.3) is 0 Å². The molecule has 1 aromatic carbocycles. The number of ether oxygens (including phenoxy) is 1. The van der Waals surface area contributed by atoms with Crippen LogP contribution < -0.4 is 4.90 Å². The first-order valence-electron chi connectivity index (χ1n) is 6.51. The van der Waals surface area contributed by atoms with Crippen LogP contribution in [0.4, 0.5) is 5.69 Å². The summed E-state index contributed by atoms with van der Waals surface area (Å²) in [6.07, 6.45) is 0. The summed E-state index contributed by atoms with van der Waals surface area (Å²) in [5, 5.41) is 0. The summed E-state index contributed by atoms with van der Waals surface area (Å²) >= 11 is 3.48. The van der Waals surface area contributed by atoms with Gasteiger partial charge < -0.3 is 9.64 Å². The highest BCUT2D eigenvalue weighted by Crippen LogP contribution is 2.27. The fourth-order valence-corrected chi connectivity index (χ4v) is 3.00. The maximum atomic E-state index is 5.36. The van der Waals surface area contributed by atoms with Gasteiger partial charge in [0.2, 0.25) is 0 Å². The SMILES string of the molecule is CC1(N2CCN(c3ccc(Br)cc3)CC2)COC1. The summed E-state index contributed by atoms with van der Waals surface area (Å²) in [4.78, 5) is 5.04. The topological polar surface area (TPSA) is 15.7 Å². The molecule has 0 radical (unpaired) electrons. The van der Waals surface area contributed by atoms with Crippen LogP contribution in [0.3, 0.4) is 0 Å². The van der Waals surface area contributed by atoms with Crippen molar-refractivity contribution in [2.24, 2.45) is 0 Å². The Balaban J connectivity index is 1.61. The second-order valence-electron chi connectivity index (χ2n) is 5.44. The molecule has 0 atom stereocenters. The van der Waals surface area contributed by atoms with Crippen molar-refractivity contribution in [2.75, 3.05) is 44.3 Å². The van der Waals surface area contributed by atoms with E-state index in [2.05, 4.69) is 56.9 Å². The third kappa shape index (κ3) is 2.29. The molecule has 0 N–H and O–H groups in total. The van der Waals surface area contributed by atoms with Gasteiger partial charge in [-0.05, 0) is 31.2 Å². The Bertz CT molecular complexity index is 408. The maximum absolute atomic E-state index is 5.36. The maximum Gasteiger partial charge on any atom is 0.0671 e. The summed E-state index contributed by atoms with van der Waals surface area (Å²) < 4.78 is 6.50. The van der Waals surface area contributed by atoms with E-state index in [0.29, 0.717) is 5.54 Å². The molecule has 2 heterocycles. The molecule has 0 bridgehead atoms. The number of hydrogen-bond donors (Lipinski definition) is 0. The predicted octanol–water partition coefficient (Wildman–Crippen LogP) is 2.36. The van der Waals surface area contributed by atoms with Crippen molar-refractivity contribution >= 4 is 21.6 Å². The van der Waals surface area contributed by atoms with Crippen molar-refractivity contribution in [3.63, 3.8) is 0 Å². The van der Waals surface area contributed by atoms with Crippen LogP contribution in [0.5, 0.6) is 0 Å². The minimum absolute atomic E-state index is 0.297. The number of piperazine rings is 1. The quantitative estimate of drug-likeness (QED) is 0.834. The zero-order chi connectivity index (χ0) is 12.6. The molecule has 3 rings (SSSR count). The Kier molecular flexibility index (Phi) is 3.34. The number of halogens is 1. The van der Waals surface area contributed by atoms with Gasteiger partial charge in [-0.2, -0.15) is 0 Å². The number of anilines is 1. The lowest BCUT2D eigenvalue weighted by atomic mass is 9.97. The summed E-state index contributed by atoms with van der Waals surface area (Å²) in [5.74, 6) is 0. The highest BCUT2D eigenvalue weighted by Gasteiger charge is 2.40. The minimum atomic E-state index is 0.297. The fraction of sp³-hybridized carbons (Fsp3) is 0.571. The van der Waals surface area contributed by atoms with Crippen molar-refractivity contribution in [1.82, 2.24) is 4.90 Å². The fourth-order valence-electron chi connectivity index (χ4n) is 2.74. The molecule has 98 valence electrons. The van der Waals surface area contributed by atoms with Crippen LogP contribution in [0.1, 0.15) is 6.92 Å². The van der Waals surface area contributed by atoms with E-state index < -0.39 is 0 Å². The molecule has 2 aliphatic rings. The number of rotatable bonds is 2. The Morgan fingerprint density at radius 3 is 2.17 bits per heavy atom. The molecule has 2 fully saturated rings. The second-order valence-corrected chi connectivity index (χ2v) is 6.36. The van der Waals surface area contributed by atoms with Crippen molar-refractivity contribution in [3.05, 3.63) is 28.7 Å². The van der Waals surface area contributed by atoms with Gasteiger partial charge in [0.25, 0.3) is 0 Å². The lowest BCUT2D eigenvalue weighted by molar-refractivity contribution is -0.131. The Morgan fingerprint density at radius 2 is 1.67 bits per heavy atom. The summed E-state index contributed by atoms with van der Waals surface area (Å²) in [6.45, 7) is 8.59. The molecule has 1 aromatic rings. The van der Waals surface area contributed by atoms with Gasteiger partial charge in [-0.1, -0.05) is 15.9 Å². The third-order valence-electron chi connectivity index (χ3n) is 4.06. The standard InChI is InChI=1S/C14H19BrN2O/c1-14(10-18-11-14)17-8-6-16(7-9-17)13-4-2-12(15)3-5-13/h2-5H,6-11H2,1H3. The van der Waals surface area contributed by atoms with E-state index >= 15 is 0 Å². The van der Waals surface area contributed by atoms with E-state index in [0.717, 1.165) is 43.9 Å². The first kappa shape index (κ1) is 12.5. The molecule has 2 aliphatic heterocycles. The van der Waals surface area contributed by atoms with E-state index in [1.807, 2.05) is 0 Å². The molecule has 18 heavy (non-hydrogen) atoms. The highest BCUT2D eigenvalue weighted by atomic mass is 79.9. The van der Waals surface area contributed by atoms with Crippen LogP contribution in [-0.4, -0.2) is 49.8 Å². The Morgan fingerprint density at radius 1 is 1.06 bits per heavy atom. The van der Waals surface area contributed by atoms with Gasteiger partial charge >= 0.3 is 0 Å². The molecule has 0 aliphatic carbocycles. The molecule has 0 amide bonds. The van der Waals surface area contributed by atoms with Gasteiger partial charge in [-0.15, -0.1) is 0 Å². The zero-order valence-electron chi connectivity index (χ0n) is 10.7. The molecule has 0 unspecified atom stereocenters. The summed E-state index contributed by atoms with van der Waals surface area (Å²) in [7, 11) is 0. The van der Waals surface area contributed by atoms with Crippen molar-refractivity contribution in [1.29, 1.82) is 0 Å². The van der Waals surface area contributed by atoms with E-state index in [4.69, 9.17) is 4.74 Å². The first-order valence-corrected chi connectivity index (χ1v) is 7.30. The van der Waals surface area contributed by atoms with Gasteiger partial charge in [-0.3, -0.25) is 4.90 Å². The van der Waals surface area contributed by atoms with E-state index in [9.17, 15) is 0 Å². The minimum Gasteiger partial charge on any atom is -0.377 e. The molecule has 2 saturated heterocycles. The smallest absolute Gasteiger partial charge is 0.0671 e. The second kappa shape index (κ2) is 4.83. The molecule has 4 heteroatoms. The largest absolute Gasteiger partial charge is 0.377 e. The Labute approximate surface area is 117 Å². The lowest BCUT2D eigenvalue weighted by Crippen LogP contribution is -2.64. The Hall–Kier alpha value is -0.580. The van der Waals surface area contributed by atoms with Crippen LogP contribution in [0.2, 0.25) is 0 Å². The average Bonchev–Trinajstić information content (AvgIpc) is 2.37. The molecular weight excluding hydrogens is 292 g/mol. The molecule has 3 nitrogen and oxygen atoms in total. The van der Waals surface area contributed by atoms with E-state index in [1.54, 1.807) is 0 Å². The van der Waals surface area contributed by atoms with Gasteiger partial charge in [0.15, 0.2) is 0 Å². The summed E-state index contributed by atoms with van der Waals surface area (Å²) in [6, 6.07) is 8.60. The van der Waals surface area contributed by atoms with Gasteiger partial charge in [0.1, 0.15) is 0 Å². The van der Waals surface area contributed by atoms with E-state index in [-0.39, 0.29) is 0 Å². The van der Waals surface area contributed by atoms with Gasteiger partial charge in [0.05, 0.1) is 18.8 Å². The lowest BCUT2D eigenvalue weighted by Gasteiger charge is -2.50. The molecule has 0 saturated carbocycles. The van der Waals surface area contributed by atoms with Crippen molar-refractivity contribution in [2.45, 2.75) is 12.5 Å². The van der Waals surface area contributed by atoms with Gasteiger partial charge in [0, 0.05) is 36.3 Å². The monoisotopic (exact) mass is 310 g/mol. The highest BCUT2D eigenvalue weighted by molar-refractivity contribution is 9.10. The normalized spacial score (nSPS) is 23.8. The predicted molar refractivity (Wildman–Crippen MR) is 77.2 cm³/mol. The summed E-state index contributed by atoms with van der Waals surface area (Å²) in [5.41, 5.74) is 1.62. The molecule has 0 aromatic heterocycles. The zero-order valence-corrected chi connectivity index (χ0v) is 12.3. The first-order chi connectivity index (χ1) is 8.67. The van der Waals surface area contributed by atoms with Crippen molar-refractivity contribution < 1.29 is 4.74 Å². The van der Waals surface area contributed by atoms with E-state index in [1.165, 1.54) is 5.69 Å². The number of nitrogens with zero attached hydrogens (tertiary/aromatic N) is 2. The van der Waals surface area contributed by atoms with Crippen LogP contribution in [0, 0.1) is 0 Å². The molecule has 0 spiro atoms. The van der Waals surface area contributed by atoms with Crippen LogP contribution in [0.15, 0.2) is 28.7 Å². The third-order valence-corrected chi connectivity index (χ3v) is 4.59. The number of benzene rings is 1. The average molecular weight is 311 g/mol.